The fraction of sp³-hybridized carbons (Fsp3) is 0.130. The van der Waals surface area contributed by atoms with E-state index in [1.807, 2.05) is 31.2 Å². The average Bonchev–Trinajstić information content (AvgIpc) is 3.06. The standard InChI is InChI=1S/C23H17F3N2/c1-3-15-6-7-17(13-20(15)23(24,25)26)22-19(5-4-10-27-22)16-8-9-21-18(12-16)11-14(2)28-21/h3-10,12-13H,1,11H2,2H3. The van der Waals surface area contributed by atoms with Crippen LogP contribution in [0.4, 0.5) is 18.9 Å². The molecule has 3 aromatic rings. The van der Waals surface area contributed by atoms with Gasteiger partial charge < -0.3 is 0 Å². The molecule has 4 rings (SSSR count). The van der Waals surface area contributed by atoms with Crippen molar-refractivity contribution >= 4 is 17.5 Å². The molecule has 0 radical (unpaired) electrons. The maximum Gasteiger partial charge on any atom is 0.417 e. The molecule has 1 aromatic heterocycles. The van der Waals surface area contributed by atoms with Crippen LogP contribution < -0.4 is 0 Å². The molecular formula is C23H17F3N2. The van der Waals surface area contributed by atoms with Gasteiger partial charge in [0.2, 0.25) is 0 Å². The van der Waals surface area contributed by atoms with E-state index >= 15 is 0 Å². The van der Waals surface area contributed by atoms with Crippen molar-refractivity contribution in [3.63, 3.8) is 0 Å². The highest BCUT2D eigenvalue weighted by Crippen LogP contribution is 2.38. The Bertz CT molecular complexity index is 1110. The SMILES string of the molecule is C=Cc1ccc(-c2ncccc2-c2ccc3c(c2)CC(C)=N3)cc1C(F)(F)F. The molecule has 140 valence electrons. The first-order valence-electron chi connectivity index (χ1n) is 8.83. The number of hydrogen-bond acceptors (Lipinski definition) is 2. The van der Waals surface area contributed by atoms with Crippen LogP contribution in [0.2, 0.25) is 0 Å². The summed E-state index contributed by atoms with van der Waals surface area (Å²) in [6.07, 6.45) is -0.870. The molecule has 0 N–H and O–H groups in total. The highest BCUT2D eigenvalue weighted by Gasteiger charge is 2.33. The van der Waals surface area contributed by atoms with E-state index in [0.717, 1.165) is 40.6 Å². The highest BCUT2D eigenvalue weighted by atomic mass is 19.4. The van der Waals surface area contributed by atoms with Gasteiger partial charge in [0.1, 0.15) is 0 Å². The van der Waals surface area contributed by atoms with Gasteiger partial charge in [0.15, 0.2) is 0 Å². The molecule has 2 aromatic carbocycles. The zero-order valence-electron chi connectivity index (χ0n) is 15.2. The summed E-state index contributed by atoms with van der Waals surface area (Å²) in [6, 6.07) is 13.8. The van der Waals surface area contributed by atoms with Crippen molar-refractivity contribution < 1.29 is 13.2 Å². The third-order valence-corrected chi connectivity index (χ3v) is 4.81. The minimum Gasteiger partial charge on any atom is -0.257 e. The van der Waals surface area contributed by atoms with Crippen molar-refractivity contribution in [1.82, 2.24) is 4.98 Å². The molecule has 2 nitrogen and oxygen atoms in total. The lowest BCUT2D eigenvalue weighted by Crippen LogP contribution is -2.07. The normalized spacial score (nSPS) is 13.2. The second kappa shape index (κ2) is 6.75. The summed E-state index contributed by atoms with van der Waals surface area (Å²) in [7, 11) is 0. The number of fused-ring (bicyclic) bond motifs is 1. The molecule has 0 spiro atoms. The number of hydrogen-bond donors (Lipinski definition) is 0. The molecule has 0 unspecified atom stereocenters. The van der Waals surface area contributed by atoms with Gasteiger partial charge in [-0.25, -0.2) is 0 Å². The minimum atomic E-state index is -4.46. The van der Waals surface area contributed by atoms with Crippen LogP contribution in [0.1, 0.15) is 23.6 Å². The van der Waals surface area contributed by atoms with E-state index in [1.165, 1.54) is 12.1 Å². The predicted molar refractivity (Wildman–Crippen MR) is 107 cm³/mol. The summed E-state index contributed by atoms with van der Waals surface area (Å²) in [5, 5.41) is 0. The molecule has 1 aliphatic heterocycles. The lowest BCUT2D eigenvalue weighted by Gasteiger charge is -2.14. The monoisotopic (exact) mass is 378 g/mol. The fourth-order valence-corrected chi connectivity index (χ4v) is 3.52. The van der Waals surface area contributed by atoms with Crippen LogP contribution in [0.15, 0.2) is 66.3 Å². The first kappa shape index (κ1) is 18.2. The molecule has 0 atom stereocenters. The van der Waals surface area contributed by atoms with Crippen LogP contribution in [0.25, 0.3) is 28.5 Å². The van der Waals surface area contributed by atoms with Gasteiger partial charge in [-0.1, -0.05) is 36.9 Å². The van der Waals surface area contributed by atoms with Gasteiger partial charge in [-0.3, -0.25) is 9.98 Å². The van der Waals surface area contributed by atoms with E-state index < -0.39 is 11.7 Å². The Labute approximate surface area is 161 Å². The molecule has 0 aliphatic carbocycles. The molecule has 2 heterocycles. The van der Waals surface area contributed by atoms with Gasteiger partial charge in [-0.2, -0.15) is 13.2 Å². The molecule has 28 heavy (non-hydrogen) atoms. The van der Waals surface area contributed by atoms with E-state index in [-0.39, 0.29) is 5.56 Å². The third-order valence-electron chi connectivity index (χ3n) is 4.81. The Morgan fingerprint density at radius 3 is 2.57 bits per heavy atom. The van der Waals surface area contributed by atoms with Crippen molar-refractivity contribution in [2.45, 2.75) is 19.5 Å². The molecule has 1 aliphatic rings. The smallest absolute Gasteiger partial charge is 0.257 e. The molecule has 0 saturated heterocycles. The van der Waals surface area contributed by atoms with Crippen LogP contribution in [-0.4, -0.2) is 10.7 Å². The molecule has 0 saturated carbocycles. The number of rotatable bonds is 3. The topological polar surface area (TPSA) is 25.2 Å². The third kappa shape index (κ3) is 3.24. The van der Waals surface area contributed by atoms with Crippen LogP contribution >= 0.6 is 0 Å². The van der Waals surface area contributed by atoms with Crippen LogP contribution in [0.3, 0.4) is 0 Å². The lowest BCUT2D eigenvalue weighted by molar-refractivity contribution is -0.137. The van der Waals surface area contributed by atoms with Crippen molar-refractivity contribution in [2.24, 2.45) is 4.99 Å². The second-order valence-corrected chi connectivity index (χ2v) is 6.77. The van der Waals surface area contributed by atoms with Crippen molar-refractivity contribution in [2.75, 3.05) is 0 Å². The van der Waals surface area contributed by atoms with Gasteiger partial charge >= 0.3 is 6.18 Å². The molecule has 0 amide bonds. The molecule has 0 bridgehead atoms. The zero-order chi connectivity index (χ0) is 19.9. The molecular weight excluding hydrogens is 361 g/mol. The summed E-state index contributed by atoms with van der Waals surface area (Å²) in [5.74, 6) is 0. The second-order valence-electron chi connectivity index (χ2n) is 6.77. The Morgan fingerprint density at radius 1 is 1.04 bits per heavy atom. The summed E-state index contributed by atoms with van der Waals surface area (Å²) in [4.78, 5) is 8.88. The molecule has 0 fully saturated rings. The summed E-state index contributed by atoms with van der Waals surface area (Å²) < 4.78 is 40.4. The van der Waals surface area contributed by atoms with Crippen molar-refractivity contribution in [1.29, 1.82) is 0 Å². The maximum absolute atomic E-state index is 13.5. The van der Waals surface area contributed by atoms with Crippen molar-refractivity contribution in [3.8, 4) is 22.4 Å². The van der Waals surface area contributed by atoms with Crippen molar-refractivity contribution in [3.05, 3.63) is 78.0 Å². The molecule has 5 heteroatoms. The Kier molecular flexibility index (Phi) is 4.38. The van der Waals surface area contributed by atoms with Gasteiger partial charge in [0, 0.05) is 29.5 Å². The Balaban J connectivity index is 1.84. The van der Waals surface area contributed by atoms with Crippen LogP contribution in [-0.2, 0) is 12.6 Å². The quantitative estimate of drug-likeness (QED) is 0.496. The maximum atomic E-state index is 13.5. The van der Waals surface area contributed by atoms with E-state index in [9.17, 15) is 13.2 Å². The van der Waals surface area contributed by atoms with E-state index in [2.05, 4.69) is 16.6 Å². The number of nitrogens with zero attached hydrogens (tertiary/aromatic N) is 2. The van der Waals surface area contributed by atoms with Gasteiger partial charge in [-0.15, -0.1) is 0 Å². The first-order valence-corrected chi connectivity index (χ1v) is 8.83. The highest BCUT2D eigenvalue weighted by molar-refractivity contribution is 5.93. The van der Waals surface area contributed by atoms with E-state index in [0.29, 0.717) is 11.3 Å². The number of halogens is 3. The number of alkyl halides is 3. The van der Waals surface area contributed by atoms with Gasteiger partial charge in [0.05, 0.1) is 16.9 Å². The number of benzene rings is 2. The number of aromatic nitrogens is 1. The van der Waals surface area contributed by atoms with E-state index in [1.54, 1.807) is 18.3 Å². The largest absolute Gasteiger partial charge is 0.417 e. The Hall–Kier alpha value is -3.21. The summed E-state index contributed by atoms with van der Waals surface area (Å²) in [6.45, 7) is 5.47. The fourth-order valence-electron chi connectivity index (χ4n) is 3.52. The Morgan fingerprint density at radius 2 is 1.82 bits per heavy atom. The van der Waals surface area contributed by atoms with Crippen LogP contribution in [0, 0.1) is 0 Å². The predicted octanol–water partition coefficient (Wildman–Crippen LogP) is 6.73. The number of pyridine rings is 1. The zero-order valence-corrected chi connectivity index (χ0v) is 15.2. The summed E-state index contributed by atoms with van der Waals surface area (Å²) in [5.41, 5.74) is 5.08. The van der Waals surface area contributed by atoms with E-state index in [4.69, 9.17) is 0 Å². The summed E-state index contributed by atoms with van der Waals surface area (Å²) >= 11 is 0. The number of aliphatic imine (C=N–C) groups is 1. The van der Waals surface area contributed by atoms with Gasteiger partial charge in [-0.05, 0) is 47.9 Å². The average molecular weight is 378 g/mol. The first-order chi connectivity index (χ1) is 13.4. The van der Waals surface area contributed by atoms with Crippen LogP contribution in [0.5, 0.6) is 0 Å². The minimum absolute atomic E-state index is 0.0545. The van der Waals surface area contributed by atoms with Gasteiger partial charge in [0.25, 0.3) is 0 Å². The lowest BCUT2D eigenvalue weighted by atomic mass is 9.94.